The first-order chi connectivity index (χ1) is 9.61. The lowest BCUT2D eigenvalue weighted by Crippen LogP contribution is -2.32. The molecule has 1 fully saturated rings. The molecule has 110 valence electrons. The van der Waals surface area contributed by atoms with Crippen molar-refractivity contribution in [2.24, 2.45) is 0 Å². The van der Waals surface area contributed by atoms with E-state index in [1.54, 1.807) is 12.1 Å². The van der Waals surface area contributed by atoms with Crippen LogP contribution in [-0.4, -0.2) is 41.8 Å². The van der Waals surface area contributed by atoms with Gasteiger partial charge in [-0.05, 0) is 31.0 Å². The third-order valence-electron chi connectivity index (χ3n) is 3.72. The molecule has 0 aromatic heterocycles. The summed E-state index contributed by atoms with van der Waals surface area (Å²) in [4.78, 5) is 13.5. The molecule has 1 aliphatic heterocycles. The average Bonchev–Trinajstić information content (AvgIpc) is 2.90. The number of likely N-dealkylation sites (N-methyl/N-ethyl adjacent to an activating group) is 1. The quantitative estimate of drug-likeness (QED) is 0.778. The van der Waals surface area contributed by atoms with Crippen LogP contribution in [0.4, 0.5) is 5.69 Å². The molecule has 0 amide bonds. The van der Waals surface area contributed by atoms with Gasteiger partial charge in [-0.25, -0.2) is 4.79 Å². The summed E-state index contributed by atoms with van der Waals surface area (Å²) in [6.45, 7) is 5.18. The van der Waals surface area contributed by atoms with Crippen LogP contribution in [0.15, 0.2) is 18.2 Å². The van der Waals surface area contributed by atoms with Crippen molar-refractivity contribution in [1.29, 1.82) is 0 Å². The maximum Gasteiger partial charge on any atom is 0.338 e. The van der Waals surface area contributed by atoms with Crippen molar-refractivity contribution in [2.75, 3.05) is 25.4 Å². The van der Waals surface area contributed by atoms with Gasteiger partial charge in [0.1, 0.15) is 0 Å². The summed E-state index contributed by atoms with van der Waals surface area (Å²) in [5.41, 5.74) is 7.08. The Morgan fingerprint density at radius 1 is 1.55 bits per heavy atom. The van der Waals surface area contributed by atoms with E-state index in [9.17, 15) is 9.90 Å². The van der Waals surface area contributed by atoms with Gasteiger partial charge in [0.25, 0.3) is 0 Å². The number of carbonyl (C=O) groups is 1. The summed E-state index contributed by atoms with van der Waals surface area (Å²) >= 11 is 0. The third kappa shape index (κ3) is 3.49. The van der Waals surface area contributed by atoms with Crippen molar-refractivity contribution < 1.29 is 14.6 Å². The predicted molar refractivity (Wildman–Crippen MR) is 77.7 cm³/mol. The Morgan fingerprint density at radius 3 is 2.95 bits per heavy atom. The third-order valence-corrected chi connectivity index (χ3v) is 3.72. The van der Waals surface area contributed by atoms with Crippen LogP contribution in [0.5, 0.6) is 0 Å². The van der Waals surface area contributed by atoms with E-state index in [0.29, 0.717) is 12.2 Å². The standard InChI is InChI=1S/C15H22N2O3/c1-2-17(10-12-6-4-8-20-12)9-11-5-3-7-13(16)14(11)15(18)19/h3,5,7,12H,2,4,6,8-10,16H2,1H3,(H,18,19). The first kappa shape index (κ1) is 14.8. The van der Waals surface area contributed by atoms with E-state index in [0.717, 1.165) is 38.1 Å². The van der Waals surface area contributed by atoms with Gasteiger partial charge < -0.3 is 15.6 Å². The second kappa shape index (κ2) is 6.72. The number of nitrogen functional groups attached to an aromatic ring is 1. The lowest BCUT2D eigenvalue weighted by Gasteiger charge is -2.24. The molecule has 1 aromatic carbocycles. The Bertz CT molecular complexity index is 470. The Balaban J connectivity index is 2.10. The number of rotatable bonds is 6. The van der Waals surface area contributed by atoms with Crippen molar-refractivity contribution in [1.82, 2.24) is 4.90 Å². The molecule has 1 atom stereocenters. The Morgan fingerprint density at radius 2 is 2.35 bits per heavy atom. The van der Waals surface area contributed by atoms with Gasteiger partial charge in [-0.1, -0.05) is 19.1 Å². The van der Waals surface area contributed by atoms with Gasteiger partial charge in [-0.3, -0.25) is 4.90 Å². The molecule has 5 heteroatoms. The number of benzene rings is 1. The molecule has 0 bridgehead atoms. The van der Waals surface area contributed by atoms with Crippen molar-refractivity contribution in [3.8, 4) is 0 Å². The van der Waals surface area contributed by atoms with Crippen LogP contribution in [0.1, 0.15) is 35.7 Å². The molecule has 2 rings (SSSR count). The smallest absolute Gasteiger partial charge is 0.338 e. The van der Waals surface area contributed by atoms with E-state index in [1.165, 1.54) is 0 Å². The van der Waals surface area contributed by atoms with E-state index in [1.807, 2.05) is 6.07 Å². The summed E-state index contributed by atoms with van der Waals surface area (Å²) in [6.07, 6.45) is 2.46. The largest absolute Gasteiger partial charge is 0.478 e. The predicted octanol–water partition coefficient (Wildman–Crippen LogP) is 1.97. The van der Waals surface area contributed by atoms with Crippen LogP contribution >= 0.6 is 0 Å². The minimum Gasteiger partial charge on any atom is -0.478 e. The first-order valence-corrected chi connectivity index (χ1v) is 7.06. The Labute approximate surface area is 119 Å². The summed E-state index contributed by atoms with van der Waals surface area (Å²) in [5.74, 6) is -0.966. The summed E-state index contributed by atoms with van der Waals surface area (Å²) in [6, 6.07) is 5.26. The maximum atomic E-state index is 11.3. The molecular formula is C15H22N2O3. The fourth-order valence-corrected chi connectivity index (χ4v) is 2.64. The highest BCUT2D eigenvalue weighted by molar-refractivity contribution is 5.95. The first-order valence-electron chi connectivity index (χ1n) is 7.06. The molecule has 5 nitrogen and oxygen atoms in total. The molecular weight excluding hydrogens is 256 g/mol. The number of aromatic carboxylic acids is 1. The molecule has 3 N–H and O–H groups in total. The van der Waals surface area contributed by atoms with Crippen molar-refractivity contribution >= 4 is 11.7 Å². The normalized spacial score (nSPS) is 18.6. The van der Waals surface area contributed by atoms with Crippen LogP contribution in [0, 0.1) is 0 Å². The summed E-state index contributed by atoms with van der Waals surface area (Å²) in [7, 11) is 0. The molecule has 0 spiro atoms. The highest BCUT2D eigenvalue weighted by atomic mass is 16.5. The van der Waals surface area contributed by atoms with Crippen LogP contribution in [0.2, 0.25) is 0 Å². The highest BCUT2D eigenvalue weighted by Crippen LogP contribution is 2.20. The van der Waals surface area contributed by atoms with Crippen LogP contribution in [0.3, 0.4) is 0 Å². The topological polar surface area (TPSA) is 75.8 Å². The summed E-state index contributed by atoms with van der Waals surface area (Å²) < 4.78 is 5.64. The maximum absolute atomic E-state index is 11.3. The van der Waals surface area contributed by atoms with E-state index < -0.39 is 5.97 Å². The second-order valence-electron chi connectivity index (χ2n) is 5.15. The number of carboxylic acid groups (broad SMARTS) is 1. The van der Waals surface area contributed by atoms with Crippen molar-refractivity contribution in [2.45, 2.75) is 32.4 Å². The number of hydrogen-bond donors (Lipinski definition) is 2. The number of carboxylic acids is 1. The van der Waals surface area contributed by atoms with E-state index in [-0.39, 0.29) is 11.7 Å². The minimum atomic E-state index is -0.966. The zero-order valence-corrected chi connectivity index (χ0v) is 11.8. The zero-order chi connectivity index (χ0) is 14.5. The fraction of sp³-hybridized carbons (Fsp3) is 0.533. The fourth-order valence-electron chi connectivity index (χ4n) is 2.64. The highest BCUT2D eigenvalue weighted by Gasteiger charge is 2.20. The monoisotopic (exact) mass is 278 g/mol. The lowest BCUT2D eigenvalue weighted by atomic mass is 10.0. The zero-order valence-electron chi connectivity index (χ0n) is 11.8. The van der Waals surface area contributed by atoms with Gasteiger partial charge in [0.05, 0.1) is 11.7 Å². The van der Waals surface area contributed by atoms with Crippen molar-refractivity contribution in [3.63, 3.8) is 0 Å². The van der Waals surface area contributed by atoms with Crippen LogP contribution in [-0.2, 0) is 11.3 Å². The SMILES string of the molecule is CCN(Cc1cccc(N)c1C(=O)O)CC1CCCO1. The molecule has 1 aromatic rings. The molecule has 0 aliphatic carbocycles. The van der Waals surface area contributed by atoms with E-state index in [2.05, 4.69) is 11.8 Å². The van der Waals surface area contributed by atoms with Crippen LogP contribution in [0.25, 0.3) is 0 Å². The van der Waals surface area contributed by atoms with E-state index in [4.69, 9.17) is 10.5 Å². The van der Waals surface area contributed by atoms with Gasteiger partial charge in [-0.2, -0.15) is 0 Å². The van der Waals surface area contributed by atoms with Gasteiger partial charge in [0.15, 0.2) is 0 Å². The van der Waals surface area contributed by atoms with Gasteiger partial charge in [0, 0.05) is 25.4 Å². The van der Waals surface area contributed by atoms with Crippen LogP contribution < -0.4 is 5.73 Å². The number of nitrogens with zero attached hydrogens (tertiary/aromatic N) is 1. The molecule has 0 saturated carbocycles. The number of nitrogens with two attached hydrogens (primary N) is 1. The van der Waals surface area contributed by atoms with Gasteiger partial charge >= 0.3 is 5.97 Å². The molecule has 1 aliphatic rings. The second-order valence-corrected chi connectivity index (χ2v) is 5.15. The lowest BCUT2D eigenvalue weighted by molar-refractivity contribution is 0.0683. The van der Waals surface area contributed by atoms with Gasteiger partial charge in [-0.15, -0.1) is 0 Å². The average molecular weight is 278 g/mol. The van der Waals surface area contributed by atoms with E-state index >= 15 is 0 Å². The Hall–Kier alpha value is -1.59. The molecule has 20 heavy (non-hydrogen) atoms. The minimum absolute atomic E-state index is 0.221. The number of ether oxygens (including phenoxy) is 1. The summed E-state index contributed by atoms with van der Waals surface area (Å²) in [5, 5.41) is 9.29. The molecule has 0 radical (unpaired) electrons. The van der Waals surface area contributed by atoms with Gasteiger partial charge in [0.2, 0.25) is 0 Å². The molecule has 1 saturated heterocycles. The Kier molecular flexibility index (Phi) is 4.98. The van der Waals surface area contributed by atoms with Crippen molar-refractivity contribution in [3.05, 3.63) is 29.3 Å². The number of anilines is 1. The number of hydrogen-bond acceptors (Lipinski definition) is 4. The molecule has 1 unspecified atom stereocenters. The molecule has 1 heterocycles.